The van der Waals surface area contributed by atoms with Crippen LogP contribution in [-0.4, -0.2) is 73.8 Å². The normalized spacial score (nSPS) is 18.7. The van der Waals surface area contributed by atoms with Crippen LogP contribution >= 0.6 is 0 Å². The predicted octanol–water partition coefficient (Wildman–Crippen LogP) is -1.20. The molecule has 1 aromatic rings. The Hall–Kier alpha value is -1.54. The minimum atomic E-state index is -0.765. The summed E-state index contributed by atoms with van der Waals surface area (Å²) in [5, 5.41) is 20.7. The van der Waals surface area contributed by atoms with E-state index in [1.54, 1.807) is 7.05 Å². The molecule has 2 heterocycles. The highest BCUT2D eigenvalue weighted by Gasteiger charge is 2.17. The maximum absolute atomic E-state index is 10.7. The monoisotopic (exact) mass is 254 g/mol. The number of rotatable bonds is 4. The van der Waals surface area contributed by atoms with Crippen LogP contribution in [0, 0.1) is 0 Å². The number of hydrogen-bond acceptors (Lipinski definition) is 6. The van der Waals surface area contributed by atoms with Crippen molar-refractivity contribution in [3.63, 3.8) is 0 Å². The average Bonchev–Trinajstić information content (AvgIpc) is 2.57. The van der Waals surface area contributed by atoms with Gasteiger partial charge in [0.1, 0.15) is 0 Å². The van der Waals surface area contributed by atoms with Crippen molar-refractivity contribution in [1.29, 1.82) is 0 Å². The van der Waals surface area contributed by atoms with E-state index < -0.39 is 5.97 Å². The van der Waals surface area contributed by atoms with Crippen LogP contribution in [0.25, 0.3) is 0 Å². The highest BCUT2D eigenvalue weighted by Crippen LogP contribution is 2.05. The highest BCUT2D eigenvalue weighted by atomic mass is 16.4. The molecule has 1 aromatic heterocycles. The third-order valence-electron chi connectivity index (χ3n) is 2.95. The van der Waals surface area contributed by atoms with E-state index in [2.05, 4.69) is 20.3 Å². The first-order chi connectivity index (χ1) is 8.63. The van der Waals surface area contributed by atoms with Gasteiger partial charge in [0.15, 0.2) is 5.82 Å². The van der Waals surface area contributed by atoms with Crippen molar-refractivity contribution in [3.05, 3.63) is 5.82 Å². The molecule has 8 nitrogen and oxygen atoms in total. The van der Waals surface area contributed by atoms with Gasteiger partial charge in [0.2, 0.25) is 0 Å². The van der Waals surface area contributed by atoms with Crippen molar-refractivity contribution in [2.75, 3.05) is 32.7 Å². The number of nitrogens with zero attached hydrogens (tertiary/aromatic N) is 6. The number of hydrogen-bond donors (Lipinski definition) is 1. The molecule has 0 amide bonds. The van der Waals surface area contributed by atoms with Gasteiger partial charge >= 0.3 is 5.97 Å². The fraction of sp³-hybridized carbons (Fsp3) is 0.800. The smallest absolute Gasteiger partial charge is 0.317 e. The molecule has 100 valence electrons. The Morgan fingerprint density at radius 2 is 2.00 bits per heavy atom. The molecule has 0 saturated carbocycles. The third kappa shape index (κ3) is 3.74. The van der Waals surface area contributed by atoms with Gasteiger partial charge in [-0.05, 0) is 18.2 Å². The van der Waals surface area contributed by atoms with Crippen LogP contribution in [0.2, 0.25) is 0 Å². The number of tetrazole rings is 1. The second-order valence-corrected chi connectivity index (χ2v) is 4.49. The number of aromatic nitrogens is 4. The van der Waals surface area contributed by atoms with Gasteiger partial charge in [-0.1, -0.05) is 0 Å². The standard InChI is InChI=1S/C10H18N6O2/c1-14-12-9(11-13-14)7-15-3-2-4-16(6-5-15)8-10(17)18/h2-8H2,1H3,(H,17,18). The summed E-state index contributed by atoms with van der Waals surface area (Å²) in [4.78, 5) is 16.3. The van der Waals surface area contributed by atoms with Gasteiger partial charge in [0, 0.05) is 19.6 Å². The fourth-order valence-corrected chi connectivity index (χ4v) is 2.12. The Labute approximate surface area is 105 Å². The first kappa shape index (κ1) is 12.9. The molecule has 0 aliphatic carbocycles. The third-order valence-corrected chi connectivity index (χ3v) is 2.95. The fourth-order valence-electron chi connectivity index (χ4n) is 2.12. The largest absolute Gasteiger partial charge is 0.480 e. The van der Waals surface area contributed by atoms with Crippen molar-refractivity contribution >= 4 is 5.97 Å². The van der Waals surface area contributed by atoms with E-state index in [1.165, 1.54) is 4.80 Å². The van der Waals surface area contributed by atoms with Crippen molar-refractivity contribution in [2.45, 2.75) is 13.0 Å². The Morgan fingerprint density at radius 1 is 1.28 bits per heavy atom. The molecule has 0 aromatic carbocycles. The van der Waals surface area contributed by atoms with Crippen molar-refractivity contribution in [3.8, 4) is 0 Å². The SMILES string of the molecule is Cn1nnc(CN2CCCN(CC(=O)O)CC2)n1. The van der Waals surface area contributed by atoms with Crippen LogP contribution in [0.4, 0.5) is 0 Å². The molecule has 0 atom stereocenters. The summed E-state index contributed by atoms with van der Waals surface area (Å²) in [5.74, 6) is -0.0526. The summed E-state index contributed by atoms with van der Waals surface area (Å²) in [5.41, 5.74) is 0. The number of carboxylic acids is 1. The van der Waals surface area contributed by atoms with Crippen LogP contribution in [0.5, 0.6) is 0 Å². The summed E-state index contributed by atoms with van der Waals surface area (Å²) < 4.78 is 0. The van der Waals surface area contributed by atoms with Crippen LogP contribution in [-0.2, 0) is 18.4 Å². The number of aliphatic carboxylic acids is 1. The molecule has 8 heteroatoms. The molecule has 18 heavy (non-hydrogen) atoms. The van der Waals surface area contributed by atoms with Gasteiger partial charge in [-0.15, -0.1) is 10.2 Å². The lowest BCUT2D eigenvalue weighted by Crippen LogP contribution is -2.34. The minimum absolute atomic E-state index is 0.122. The van der Waals surface area contributed by atoms with Crippen molar-refractivity contribution in [1.82, 2.24) is 30.0 Å². The Morgan fingerprint density at radius 3 is 2.67 bits per heavy atom. The number of carbonyl (C=O) groups is 1. The molecule has 1 aliphatic rings. The molecule has 0 spiro atoms. The molecular formula is C10H18N6O2. The zero-order chi connectivity index (χ0) is 13.0. The zero-order valence-corrected chi connectivity index (χ0v) is 10.5. The van der Waals surface area contributed by atoms with E-state index in [1.807, 2.05) is 4.90 Å². The Bertz CT molecular complexity index is 407. The highest BCUT2D eigenvalue weighted by molar-refractivity contribution is 5.69. The van der Waals surface area contributed by atoms with Gasteiger partial charge in [0.05, 0.1) is 20.1 Å². The van der Waals surface area contributed by atoms with Crippen molar-refractivity contribution in [2.24, 2.45) is 7.05 Å². The molecule has 0 unspecified atom stereocenters. The molecule has 1 fully saturated rings. The Kier molecular flexibility index (Phi) is 4.21. The van der Waals surface area contributed by atoms with Crippen LogP contribution in [0.3, 0.4) is 0 Å². The predicted molar refractivity (Wildman–Crippen MR) is 62.8 cm³/mol. The first-order valence-electron chi connectivity index (χ1n) is 6.03. The zero-order valence-electron chi connectivity index (χ0n) is 10.5. The molecule has 1 N–H and O–H groups in total. The van der Waals surface area contributed by atoms with Crippen LogP contribution in [0.1, 0.15) is 12.2 Å². The maximum atomic E-state index is 10.7. The first-order valence-corrected chi connectivity index (χ1v) is 6.03. The van der Waals surface area contributed by atoms with E-state index in [9.17, 15) is 4.79 Å². The molecule has 2 rings (SSSR count). The number of aryl methyl sites for hydroxylation is 1. The molecular weight excluding hydrogens is 236 g/mol. The molecule has 1 saturated heterocycles. The van der Waals surface area contributed by atoms with Gasteiger partial charge in [-0.2, -0.15) is 4.80 Å². The van der Waals surface area contributed by atoms with E-state index >= 15 is 0 Å². The summed E-state index contributed by atoms with van der Waals surface area (Å²) in [6.45, 7) is 4.18. The van der Waals surface area contributed by atoms with Gasteiger partial charge in [-0.3, -0.25) is 14.6 Å². The van der Waals surface area contributed by atoms with Crippen LogP contribution in [0.15, 0.2) is 0 Å². The van der Waals surface area contributed by atoms with Gasteiger partial charge in [0.25, 0.3) is 0 Å². The van der Waals surface area contributed by atoms with E-state index in [0.717, 1.165) is 32.6 Å². The number of carboxylic acid groups (broad SMARTS) is 1. The van der Waals surface area contributed by atoms with Gasteiger partial charge in [-0.25, -0.2) is 0 Å². The van der Waals surface area contributed by atoms with E-state index in [0.29, 0.717) is 12.4 Å². The summed E-state index contributed by atoms with van der Waals surface area (Å²) in [6, 6.07) is 0. The minimum Gasteiger partial charge on any atom is -0.480 e. The van der Waals surface area contributed by atoms with Gasteiger partial charge < -0.3 is 5.11 Å². The maximum Gasteiger partial charge on any atom is 0.317 e. The van der Waals surface area contributed by atoms with E-state index in [4.69, 9.17) is 5.11 Å². The molecule has 0 bridgehead atoms. The van der Waals surface area contributed by atoms with Crippen molar-refractivity contribution < 1.29 is 9.90 Å². The lowest BCUT2D eigenvalue weighted by molar-refractivity contribution is -0.138. The second kappa shape index (κ2) is 5.87. The summed E-state index contributed by atoms with van der Waals surface area (Å²) in [7, 11) is 1.74. The lowest BCUT2D eigenvalue weighted by atomic mass is 10.4. The summed E-state index contributed by atoms with van der Waals surface area (Å²) in [6.07, 6.45) is 0.966. The quantitative estimate of drug-likeness (QED) is 0.722. The second-order valence-electron chi connectivity index (χ2n) is 4.49. The topological polar surface area (TPSA) is 87.4 Å². The van der Waals surface area contributed by atoms with E-state index in [-0.39, 0.29) is 6.54 Å². The average molecular weight is 254 g/mol. The molecule has 0 radical (unpaired) electrons. The lowest BCUT2D eigenvalue weighted by Gasteiger charge is -2.19. The Balaban J connectivity index is 1.83. The molecule has 1 aliphatic heterocycles. The van der Waals surface area contributed by atoms with Crippen LogP contribution < -0.4 is 0 Å². The summed E-state index contributed by atoms with van der Waals surface area (Å²) >= 11 is 0.